The van der Waals surface area contributed by atoms with Crippen LogP contribution in [-0.2, 0) is 24.1 Å². The lowest BCUT2D eigenvalue weighted by Crippen LogP contribution is -2.12. The maximum Gasteiger partial charge on any atom is 0.397 e. The standard InChI is InChI=1S/C21H42O6S/c1-2-3-4-5-6-7-8-9-10-11-12-13-14-15-16-17-19-26-21(22)18-20-27-28(23,24)25/h2-20H2,1H3,(H,23,24,25). The molecule has 0 unspecified atom stereocenters. The van der Waals surface area contributed by atoms with E-state index in [1.165, 1.54) is 83.5 Å². The van der Waals surface area contributed by atoms with E-state index in [9.17, 15) is 13.2 Å². The van der Waals surface area contributed by atoms with Gasteiger partial charge in [0.15, 0.2) is 0 Å². The summed E-state index contributed by atoms with van der Waals surface area (Å²) in [5.74, 6) is -0.510. The highest BCUT2D eigenvalue weighted by Gasteiger charge is 2.08. The summed E-state index contributed by atoms with van der Waals surface area (Å²) in [6, 6.07) is 0. The van der Waals surface area contributed by atoms with Crippen LogP contribution in [0.1, 0.15) is 116 Å². The average Bonchev–Trinajstić information content (AvgIpc) is 2.63. The van der Waals surface area contributed by atoms with Gasteiger partial charge in [-0.25, -0.2) is 4.18 Å². The highest BCUT2D eigenvalue weighted by Crippen LogP contribution is 2.13. The molecule has 0 fully saturated rings. The fraction of sp³-hybridized carbons (Fsp3) is 0.952. The zero-order chi connectivity index (χ0) is 20.9. The van der Waals surface area contributed by atoms with Crippen molar-refractivity contribution in [1.29, 1.82) is 0 Å². The first-order valence-electron chi connectivity index (χ1n) is 11.2. The van der Waals surface area contributed by atoms with Gasteiger partial charge in [0.1, 0.15) is 0 Å². The molecule has 0 atom stereocenters. The molecule has 0 aliphatic carbocycles. The molecule has 7 heteroatoms. The fourth-order valence-electron chi connectivity index (χ4n) is 3.14. The van der Waals surface area contributed by atoms with E-state index < -0.39 is 23.0 Å². The second-order valence-electron chi connectivity index (χ2n) is 7.52. The van der Waals surface area contributed by atoms with Gasteiger partial charge in [-0.15, -0.1) is 0 Å². The number of unbranched alkanes of at least 4 members (excludes halogenated alkanes) is 15. The van der Waals surface area contributed by atoms with E-state index in [0.717, 1.165) is 19.3 Å². The third kappa shape index (κ3) is 23.4. The quantitative estimate of drug-likeness (QED) is 0.139. The molecule has 0 aromatic heterocycles. The Hall–Kier alpha value is -0.660. The predicted molar refractivity (Wildman–Crippen MR) is 113 cm³/mol. The molecule has 28 heavy (non-hydrogen) atoms. The number of ether oxygens (including phenoxy) is 1. The second kappa shape index (κ2) is 19.6. The van der Waals surface area contributed by atoms with Crippen molar-refractivity contribution in [2.45, 2.75) is 116 Å². The third-order valence-electron chi connectivity index (χ3n) is 4.80. The van der Waals surface area contributed by atoms with Crippen molar-refractivity contribution in [3.63, 3.8) is 0 Å². The Labute approximate surface area is 172 Å². The van der Waals surface area contributed by atoms with Crippen LogP contribution in [0, 0.1) is 0 Å². The largest absolute Gasteiger partial charge is 0.466 e. The zero-order valence-electron chi connectivity index (χ0n) is 17.8. The smallest absolute Gasteiger partial charge is 0.397 e. The van der Waals surface area contributed by atoms with Gasteiger partial charge < -0.3 is 4.74 Å². The van der Waals surface area contributed by atoms with Gasteiger partial charge in [-0.05, 0) is 6.42 Å². The summed E-state index contributed by atoms with van der Waals surface area (Å²) >= 11 is 0. The SMILES string of the molecule is CCCCCCCCCCCCCCCCCCOC(=O)CCOS(=O)(=O)O. The minimum Gasteiger partial charge on any atom is -0.466 e. The highest BCUT2D eigenvalue weighted by atomic mass is 32.3. The summed E-state index contributed by atoms with van der Waals surface area (Å²) in [6.07, 6.45) is 20.5. The van der Waals surface area contributed by atoms with E-state index >= 15 is 0 Å². The van der Waals surface area contributed by atoms with Gasteiger partial charge in [0, 0.05) is 0 Å². The monoisotopic (exact) mass is 422 g/mol. The summed E-state index contributed by atoms with van der Waals surface area (Å²) in [6.45, 7) is 2.22. The molecule has 0 aromatic rings. The zero-order valence-corrected chi connectivity index (χ0v) is 18.6. The summed E-state index contributed by atoms with van der Waals surface area (Å²) in [5, 5.41) is 0. The van der Waals surface area contributed by atoms with Gasteiger partial charge in [-0.3, -0.25) is 9.35 Å². The van der Waals surface area contributed by atoms with E-state index in [1.54, 1.807) is 0 Å². The van der Waals surface area contributed by atoms with Crippen LogP contribution < -0.4 is 0 Å². The second-order valence-corrected chi connectivity index (χ2v) is 8.61. The first-order valence-corrected chi connectivity index (χ1v) is 12.6. The normalized spacial score (nSPS) is 11.6. The number of esters is 1. The predicted octanol–water partition coefficient (Wildman–Crippen LogP) is 6.00. The topological polar surface area (TPSA) is 89.9 Å². The van der Waals surface area contributed by atoms with Crippen molar-refractivity contribution < 1.29 is 26.7 Å². The molecule has 1 N–H and O–H groups in total. The Morgan fingerprint density at radius 2 is 1.07 bits per heavy atom. The molecule has 0 heterocycles. The number of hydrogen-bond acceptors (Lipinski definition) is 5. The highest BCUT2D eigenvalue weighted by molar-refractivity contribution is 7.80. The molecule has 0 amide bonds. The minimum absolute atomic E-state index is 0.182. The molecular weight excluding hydrogens is 380 g/mol. The molecular formula is C21H42O6S. The molecule has 6 nitrogen and oxygen atoms in total. The molecule has 0 saturated carbocycles. The van der Waals surface area contributed by atoms with Crippen LogP contribution in [0.25, 0.3) is 0 Å². The molecule has 168 valence electrons. The maximum atomic E-state index is 11.3. The van der Waals surface area contributed by atoms with Crippen LogP contribution in [0.3, 0.4) is 0 Å². The Morgan fingerprint density at radius 3 is 1.46 bits per heavy atom. The van der Waals surface area contributed by atoms with Crippen molar-refractivity contribution in [2.75, 3.05) is 13.2 Å². The maximum absolute atomic E-state index is 11.3. The van der Waals surface area contributed by atoms with Crippen molar-refractivity contribution in [1.82, 2.24) is 0 Å². The third-order valence-corrected chi connectivity index (χ3v) is 5.26. The summed E-state index contributed by atoms with van der Waals surface area (Å²) in [7, 11) is -4.48. The Kier molecular flexibility index (Phi) is 19.2. The number of rotatable bonds is 21. The van der Waals surface area contributed by atoms with Crippen molar-refractivity contribution in [3.8, 4) is 0 Å². The average molecular weight is 423 g/mol. The Bertz CT molecular complexity index is 450. The van der Waals surface area contributed by atoms with E-state index in [0.29, 0.717) is 6.61 Å². The van der Waals surface area contributed by atoms with Crippen LogP contribution in [-0.4, -0.2) is 32.2 Å². The lowest BCUT2D eigenvalue weighted by atomic mass is 10.0. The molecule has 0 spiro atoms. The van der Waals surface area contributed by atoms with Gasteiger partial charge in [-0.1, -0.05) is 103 Å². The van der Waals surface area contributed by atoms with Crippen LogP contribution in [0.2, 0.25) is 0 Å². The summed E-state index contributed by atoms with van der Waals surface area (Å²) in [4.78, 5) is 11.3. The first kappa shape index (κ1) is 27.3. The molecule has 0 aromatic carbocycles. The van der Waals surface area contributed by atoms with Crippen LogP contribution in [0.4, 0.5) is 0 Å². The van der Waals surface area contributed by atoms with E-state index in [2.05, 4.69) is 11.1 Å². The van der Waals surface area contributed by atoms with Crippen LogP contribution >= 0.6 is 0 Å². The lowest BCUT2D eigenvalue weighted by molar-refractivity contribution is -0.144. The summed E-state index contributed by atoms with van der Waals surface area (Å²) in [5.41, 5.74) is 0. The molecule has 0 rings (SSSR count). The Morgan fingerprint density at radius 1 is 0.679 bits per heavy atom. The lowest BCUT2D eigenvalue weighted by Gasteiger charge is -2.05. The van der Waals surface area contributed by atoms with Gasteiger partial charge in [0.05, 0.1) is 19.6 Å². The van der Waals surface area contributed by atoms with Gasteiger partial charge in [-0.2, -0.15) is 8.42 Å². The number of carbonyl (C=O) groups is 1. The Balaban J connectivity index is 3.16. The molecule has 0 bridgehead atoms. The molecule has 0 aliphatic rings. The van der Waals surface area contributed by atoms with E-state index in [1.807, 2.05) is 0 Å². The number of hydrogen-bond donors (Lipinski definition) is 1. The van der Waals surface area contributed by atoms with Gasteiger partial charge in [0.25, 0.3) is 0 Å². The van der Waals surface area contributed by atoms with E-state index in [-0.39, 0.29) is 6.42 Å². The number of carbonyl (C=O) groups excluding carboxylic acids is 1. The first-order chi connectivity index (χ1) is 13.5. The van der Waals surface area contributed by atoms with Crippen LogP contribution in [0.15, 0.2) is 0 Å². The van der Waals surface area contributed by atoms with Crippen LogP contribution in [0.5, 0.6) is 0 Å². The van der Waals surface area contributed by atoms with Crippen molar-refractivity contribution in [2.24, 2.45) is 0 Å². The molecule has 0 aliphatic heterocycles. The summed E-state index contributed by atoms with van der Waals surface area (Å²) < 4.78 is 38.0. The van der Waals surface area contributed by atoms with Gasteiger partial charge >= 0.3 is 16.4 Å². The fourth-order valence-corrected chi connectivity index (χ4v) is 3.43. The van der Waals surface area contributed by atoms with Crippen molar-refractivity contribution >= 4 is 16.4 Å². The van der Waals surface area contributed by atoms with Crippen molar-refractivity contribution in [3.05, 3.63) is 0 Å². The van der Waals surface area contributed by atoms with E-state index in [4.69, 9.17) is 9.29 Å². The van der Waals surface area contributed by atoms with Gasteiger partial charge in [0.2, 0.25) is 0 Å². The molecule has 0 radical (unpaired) electrons. The molecule has 0 saturated heterocycles. The minimum atomic E-state index is -4.48.